The lowest BCUT2D eigenvalue weighted by Gasteiger charge is -2.11. The van der Waals surface area contributed by atoms with E-state index in [0.29, 0.717) is 13.2 Å². The zero-order chi connectivity index (χ0) is 10.9. The van der Waals surface area contributed by atoms with Gasteiger partial charge in [-0.15, -0.1) is 0 Å². The predicted molar refractivity (Wildman–Crippen MR) is 62.8 cm³/mol. The maximum absolute atomic E-state index is 11.5. The maximum atomic E-state index is 11.5. The van der Waals surface area contributed by atoms with Crippen molar-refractivity contribution in [3.05, 3.63) is 12.2 Å². The van der Waals surface area contributed by atoms with Gasteiger partial charge in [-0.1, -0.05) is 6.08 Å². The van der Waals surface area contributed by atoms with Gasteiger partial charge in [-0.25, -0.2) is 0 Å². The molecule has 1 aliphatic heterocycles. The van der Waals surface area contributed by atoms with Crippen LogP contribution in [0.3, 0.4) is 0 Å². The maximum Gasteiger partial charge on any atom is 0.246 e. The van der Waals surface area contributed by atoms with E-state index in [9.17, 15) is 4.79 Å². The Morgan fingerprint density at radius 3 is 2.87 bits per heavy atom. The molecule has 1 N–H and O–H groups in total. The van der Waals surface area contributed by atoms with Crippen LogP contribution in [0.5, 0.6) is 0 Å². The summed E-state index contributed by atoms with van der Waals surface area (Å²) in [4.78, 5) is 13.4. The first-order valence-corrected chi connectivity index (χ1v) is 5.63. The normalized spacial score (nSPS) is 16.5. The Bertz CT molecular complexity index is 215. The molecule has 0 atom stereocenters. The summed E-state index contributed by atoms with van der Waals surface area (Å²) in [5, 5.41) is 3.10. The molecule has 0 aromatic heterocycles. The summed E-state index contributed by atoms with van der Waals surface area (Å²) < 4.78 is 4.58. The number of hydrogen-bond acceptors (Lipinski definition) is 4. The first-order chi connectivity index (χ1) is 7.34. The largest absolute Gasteiger partial charge is 0.339 e. The number of hydrogen-bond donors (Lipinski definition) is 2. The molecule has 0 aromatic rings. The van der Waals surface area contributed by atoms with E-state index in [2.05, 4.69) is 22.4 Å². The van der Waals surface area contributed by atoms with Crippen LogP contribution in [0, 0.1) is 0 Å². The summed E-state index contributed by atoms with van der Waals surface area (Å²) in [6, 6.07) is 0. The van der Waals surface area contributed by atoms with Crippen LogP contribution >= 0.6 is 12.9 Å². The molecule has 86 valence electrons. The van der Waals surface area contributed by atoms with Gasteiger partial charge in [0, 0.05) is 32.3 Å². The molecule has 5 heteroatoms. The summed E-state index contributed by atoms with van der Waals surface area (Å²) in [7, 11) is 0. The summed E-state index contributed by atoms with van der Waals surface area (Å²) in [5.74, 6) is 0.125. The van der Waals surface area contributed by atoms with E-state index in [1.54, 1.807) is 6.08 Å². The van der Waals surface area contributed by atoms with Gasteiger partial charge in [0.2, 0.25) is 5.91 Å². The van der Waals surface area contributed by atoms with Gasteiger partial charge >= 0.3 is 0 Å². The van der Waals surface area contributed by atoms with Crippen molar-refractivity contribution in [1.29, 1.82) is 0 Å². The van der Waals surface area contributed by atoms with Crippen LogP contribution in [-0.2, 0) is 8.98 Å². The summed E-state index contributed by atoms with van der Waals surface area (Å²) in [6.07, 6.45) is 5.76. The van der Waals surface area contributed by atoms with Crippen LogP contribution in [0.2, 0.25) is 0 Å². The number of rotatable bonds is 6. The van der Waals surface area contributed by atoms with Crippen LogP contribution < -0.4 is 5.32 Å². The smallest absolute Gasteiger partial charge is 0.246 e. The molecule has 1 fully saturated rings. The van der Waals surface area contributed by atoms with Crippen molar-refractivity contribution >= 4 is 18.8 Å². The number of carbonyl (C=O) groups is 1. The van der Waals surface area contributed by atoms with Gasteiger partial charge in [0.05, 0.1) is 6.61 Å². The predicted octanol–water partition coefficient (Wildman–Crippen LogP) is 0.616. The Labute approximate surface area is 96.3 Å². The molecule has 1 amide bonds. The number of nitrogens with zero attached hydrogens (tertiary/aromatic N) is 1. The van der Waals surface area contributed by atoms with E-state index >= 15 is 0 Å². The van der Waals surface area contributed by atoms with Crippen molar-refractivity contribution in [1.82, 2.24) is 10.2 Å². The highest BCUT2D eigenvalue weighted by molar-refractivity contribution is 7.75. The first-order valence-electron chi connectivity index (χ1n) is 5.27. The van der Waals surface area contributed by atoms with Crippen molar-refractivity contribution in [2.45, 2.75) is 12.8 Å². The first kappa shape index (κ1) is 12.5. The molecule has 4 nitrogen and oxygen atoms in total. The minimum atomic E-state index is 0.125. The molecule has 15 heavy (non-hydrogen) atoms. The zero-order valence-electron chi connectivity index (χ0n) is 8.82. The Morgan fingerprint density at radius 1 is 1.47 bits per heavy atom. The Hall–Kier alpha value is -0.520. The molecule has 0 radical (unpaired) electrons. The van der Waals surface area contributed by atoms with Gasteiger partial charge in [0.15, 0.2) is 0 Å². The van der Waals surface area contributed by atoms with Crippen molar-refractivity contribution in [3.8, 4) is 0 Å². The zero-order valence-corrected chi connectivity index (χ0v) is 9.71. The number of likely N-dealkylation sites (tertiary alicyclic amines) is 1. The lowest BCUT2D eigenvalue weighted by molar-refractivity contribution is -0.125. The molecule has 1 saturated heterocycles. The van der Waals surface area contributed by atoms with Gasteiger partial charge < -0.3 is 14.4 Å². The third kappa shape index (κ3) is 5.20. The Balaban J connectivity index is 2.06. The molecular weight excluding hydrogens is 212 g/mol. The quantitative estimate of drug-likeness (QED) is 0.304. The number of nitrogens with one attached hydrogen (secondary N) is 1. The number of amides is 1. The van der Waals surface area contributed by atoms with Crippen molar-refractivity contribution in [3.63, 3.8) is 0 Å². The van der Waals surface area contributed by atoms with Crippen LogP contribution in [0.25, 0.3) is 0 Å². The summed E-state index contributed by atoms with van der Waals surface area (Å²) in [6.45, 7) is 3.81. The molecule has 0 aromatic carbocycles. The average Bonchev–Trinajstić information content (AvgIpc) is 2.76. The average molecular weight is 230 g/mol. The third-order valence-corrected chi connectivity index (χ3v) is 2.49. The SMILES string of the molecule is O=C(/C=C/CNCCOS)N1CCCC1. The minimum Gasteiger partial charge on any atom is -0.339 e. The molecular formula is C10H18N2O2S. The van der Waals surface area contributed by atoms with Gasteiger partial charge in [0.1, 0.15) is 0 Å². The van der Waals surface area contributed by atoms with Gasteiger partial charge in [0.25, 0.3) is 0 Å². The molecule has 0 bridgehead atoms. The second-order valence-electron chi connectivity index (χ2n) is 3.47. The topological polar surface area (TPSA) is 41.6 Å². The van der Waals surface area contributed by atoms with E-state index in [-0.39, 0.29) is 5.91 Å². The van der Waals surface area contributed by atoms with Gasteiger partial charge in [-0.3, -0.25) is 4.79 Å². The van der Waals surface area contributed by atoms with Crippen LogP contribution in [-0.4, -0.2) is 43.6 Å². The van der Waals surface area contributed by atoms with E-state index in [1.807, 2.05) is 11.0 Å². The molecule has 0 spiro atoms. The molecule has 1 heterocycles. The standard InChI is InChI=1S/C10H18N2O2S/c13-10(12-7-1-2-8-12)4-3-5-11-6-9-14-15/h3-4,11,15H,1-2,5-9H2/b4-3+. The van der Waals surface area contributed by atoms with Crippen molar-refractivity contribution < 1.29 is 8.98 Å². The van der Waals surface area contributed by atoms with Crippen molar-refractivity contribution in [2.75, 3.05) is 32.8 Å². The Morgan fingerprint density at radius 2 is 2.20 bits per heavy atom. The monoisotopic (exact) mass is 230 g/mol. The van der Waals surface area contributed by atoms with Gasteiger partial charge in [-0.05, 0) is 25.8 Å². The van der Waals surface area contributed by atoms with E-state index in [0.717, 1.165) is 32.5 Å². The minimum absolute atomic E-state index is 0.125. The fraction of sp³-hybridized carbons (Fsp3) is 0.700. The number of carbonyl (C=O) groups excluding carboxylic acids is 1. The molecule has 0 saturated carbocycles. The molecule has 1 aliphatic rings. The third-order valence-electron chi connectivity index (χ3n) is 2.31. The fourth-order valence-corrected chi connectivity index (χ4v) is 1.60. The fourth-order valence-electron chi connectivity index (χ4n) is 1.51. The molecule has 0 unspecified atom stereocenters. The summed E-state index contributed by atoms with van der Waals surface area (Å²) in [5.41, 5.74) is 0. The second-order valence-corrected chi connectivity index (χ2v) is 3.73. The van der Waals surface area contributed by atoms with Crippen molar-refractivity contribution in [2.24, 2.45) is 0 Å². The molecule has 1 rings (SSSR count). The highest BCUT2D eigenvalue weighted by Crippen LogP contribution is 2.07. The van der Waals surface area contributed by atoms with Crippen LogP contribution in [0.15, 0.2) is 12.2 Å². The number of thiol groups is 1. The van der Waals surface area contributed by atoms with Crippen LogP contribution in [0.1, 0.15) is 12.8 Å². The highest BCUT2D eigenvalue weighted by Gasteiger charge is 2.14. The lowest BCUT2D eigenvalue weighted by atomic mass is 10.4. The molecule has 0 aliphatic carbocycles. The summed E-state index contributed by atoms with van der Waals surface area (Å²) >= 11 is 3.62. The Kier molecular flexibility index (Phi) is 6.47. The van der Waals surface area contributed by atoms with E-state index in [4.69, 9.17) is 0 Å². The van der Waals surface area contributed by atoms with Gasteiger partial charge in [-0.2, -0.15) is 0 Å². The van der Waals surface area contributed by atoms with E-state index < -0.39 is 0 Å². The van der Waals surface area contributed by atoms with Crippen LogP contribution in [0.4, 0.5) is 0 Å². The highest BCUT2D eigenvalue weighted by atomic mass is 32.1. The lowest BCUT2D eigenvalue weighted by Crippen LogP contribution is -2.26. The second kappa shape index (κ2) is 7.73. The van der Waals surface area contributed by atoms with E-state index in [1.165, 1.54) is 0 Å².